The number of benzene rings is 1. The molecule has 1 amide bonds. The predicted octanol–water partition coefficient (Wildman–Crippen LogP) is 2.39. The average molecular weight is 432 g/mol. The van der Waals surface area contributed by atoms with Crippen LogP contribution in [0.15, 0.2) is 28.2 Å². The Morgan fingerprint density at radius 1 is 1.13 bits per heavy atom. The molecular weight excluding hydrogens is 402 g/mol. The number of piperidine rings is 1. The second-order valence-corrected chi connectivity index (χ2v) is 10.0. The zero-order valence-corrected chi connectivity index (χ0v) is 18.6. The highest BCUT2D eigenvalue weighted by Gasteiger charge is 2.35. The number of likely N-dealkylation sites (tertiary alicyclic amines) is 1. The van der Waals surface area contributed by atoms with Gasteiger partial charge in [0.25, 0.3) is 10.0 Å². The first-order valence-corrected chi connectivity index (χ1v) is 12.0. The number of nitrogens with zero attached hydrogens (tertiary/aromatic N) is 2. The van der Waals surface area contributed by atoms with Gasteiger partial charge in [-0.1, -0.05) is 18.2 Å². The summed E-state index contributed by atoms with van der Waals surface area (Å²) in [5.74, 6) is 0.565. The fraction of sp³-hybridized carbons (Fsp3) is 0.545. The molecule has 30 heavy (non-hydrogen) atoms. The molecule has 1 atom stereocenters. The molecule has 0 saturated carbocycles. The Labute approximate surface area is 178 Å². The fourth-order valence-corrected chi connectivity index (χ4v) is 5.84. The molecule has 0 unspecified atom stereocenters. The highest BCUT2D eigenvalue weighted by molar-refractivity contribution is 8.00. The van der Waals surface area contributed by atoms with E-state index in [1.54, 1.807) is 0 Å². The van der Waals surface area contributed by atoms with Gasteiger partial charge >= 0.3 is 0 Å². The van der Waals surface area contributed by atoms with Crippen molar-refractivity contribution < 1.29 is 17.9 Å². The van der Waals surface area contributed by atoms with Crippen molar-refractivity contribution >= 4 is 26.7 Å². The van der Waals surface area contributed by atoms with E-state index in [2.05, 4.69) is 9.71 Å². The maximum atomic E-state index is 12.8. The summed E-state index contributed by atoms with van der Waals surface area (Å²) >= 11 is 0. The summed E-state index contributed by atoms with van der Waals surface area (Å²) < 4.78 is 35.1. The summed E-state index contributed by atoms with van der Waals surface area (Å²) in [6.45, 7) is 8.31. The fourth-order valence-electron chi connectivity index (χ4n) is 4.36. The molecule has 4 rings (SSSR count). The monoisotopic (exact) mass is 431 g/mol. The average Bonchev–Trinajstić information content (AvgIpc) is 3.31. The van der Waals surface area contributed by atoms with Gasteiger partial charge in [-0.05, 0) is 56.7 Å². The summed E-state index contributed by atoms with van der Waals surface area (Å²) in [7, 11) is -3.72. The van der Waals surface area contributed by atoms with Crippen LogP contribution < -0.4 is 5.32 Å². The molecule has 3 aliphatic rings. The minimum Gasteiger partial charge on any atom is -0.381 e. The predicted molar refractivity (Wildman–Crippen MR) is 117 cm³/mol. The van der Waals surface area contributed by atoms with Gasteiger partial charge < -0.3 is 15.0 Å². The Bertz CT molecular complexity index is 1010. The Morgan fingerprint density at radius 3 is 2.50 bits per heavy atom. The Morgan fingerprint density at radius 2 is 1.87 bits per heavy atom. The quantitative estimate of drug-likeness (QED) is 0.794. The summed E-state index contributed by atoms with van der Waals surface area (Å²) in [5.41, 5.74) is 3.57. The number of amidine groups is 1. The maximum Gasteiger partial charge on any atom is 0.285 e. The first kappa shape index (κ1) is 21.1. The minimum absolute atomic E-state index is 0.0434. The number of rotatable bonds is 3. The van der Waals surface area contributed by atoms with Crippen LogP contribution in [0.5, 0.6) is 0 Å². The summed E-state index contributed by atoms with van der Waals surface area (Å²) in [6.07, 6.45) is 2.32. The van der Waals surface area contributed by atoms with Gasteiger partial charge in [-0.25, -0.2) is 0 Å². The van der Waals surface area contributed by atoms with Crippen LogP contribution in [0.25, 0.3) is 4.91 Å². The van der Waals surface area contributed by atoms with E-state index < -0.39 is 10.0 Å². The summed E-state index contributed by atoms with van der Waals surface area (Å²) in [6, 6.07) is 5.82. The largest absolute Gasteiger partial charge is 0.381 e. The Balaban J connectivity index is 1.46. The number of nitrogens with one attached hydrogen (secondary N) is 1. The van der Waals surface area contributed by atoms with Gasteiger partial charge in [0.1, 0.15) is 10.7 Å². The van der Waals surface area contributed by atoms with Crippen molar-refractivity contribution in [2.24, 2.45) is 10.3 Å². The standard InChI is InChI=1S/C22H29N3O4S/c1-14-4-5-17(12-15(14)2)20-16(3)21(24-30(20,27)28)25-9-6-19(7-10-25)23-22(26)18-8-11-29-13-18/h4-5,12,18-19H,6-11,13H2,1-3H3,(H,23,26)/t18-/m0/s1. The number of amides is 1. The van der Waals surface area contributed by atoms with Crippen LogP contribution in [-0.4, -0.2) is 57.4 Å². The van der Waals surface area contributed by atoms with Gasteiger partial charge in [0.2, 0.25) is 5.91 Å². The molecule has 0 radical (unpaired) electrons. The van der Waals surface area contributed by atoms with Crippen molar-refractivity contribution in [2.45, 2.75) is 46.1 Å². The minimum atomic E-state index is -3.72. The van der Waals surface area contributed by atoms with Crippen molar-refractivity contribution in [1.82, 2.24) is 10.2 Å². The van der Waals surface area contributed by atoms with E-state index in [9.17, 15) is 13.2 Å². The van der Waals surface area contributed by atoms with E-state index in [4.69, 9.17) is 4.74 Å². The van der Waals surface area contributed by atoms with Crippen molar-refractivity contribution in [1.29, 1.82) is 0 Å². The van der Waals surface area contributed by atoms with E-state index in [1.165, 1.54) is 0 Å². The first-order chi connectivity index (χ1) is 14.3. The normalized spacial score (nSPS) is 24.3. The van der Waals surface area contributed by atoms with E-state index in [0.717, 1.165) is 30.4 Å². The molecule has 1 aromatic rings. The number of hydrogen-bond donors (Lipinski definition) is 1. The van der Waals surface area contributed by atoms with Crippen LogP contribution in [0.1, 0.15) is 42.9 Å². The van der Waals surface area contributed by atoms with Crippen LogP contribution in [-0.2, 0) is 19.6 Å². The van der Waals surface area contributed by atoms with E-state index in [0.29, 0.717) is 48.2 Å². The molecule has 8 heteroatoms. The Kier molecular flexibility index (Phi) is 5.72. The van der Waals surface area contributed by atoms with Crippen LogP contribution in [0.3, 0.4) is 0 Å². The van der Waals surface area contributed by atoms with Crippen LogP contribution in [0.2, 0.25) is 0 Å². The molecule has 2 fully saturated rings. The van der Waals surface area contributed by atoms with Crippen molar-refractivity contribution in [3.8, 4) is 0 Å². The molecular formula is C22H29N3O4S. The van der Waals surface area contributed by atoms with Gasteiger partial charge in [-0.3, -0.25) is 4.79 Å². The molecule has 3 heterocycles. The third-order valence-corrected chi connectivity index (χ3v) is 7.82. The smallest absolute Gasteiger partial charge is 0.285 e. The van der Waals surface area contributed by atoms with Gasteiger partial charge in [-0.2, -0.15) is 8.42 Å². The molecule has 0 spiro atoms. The number of hydrogen-bond acceptors (Lipinski definition) is 5. The third kappa shape index (κ3) is 4.03. The first-order valence-electron chi connectivity index (χ1n) is 10.5. The van der Waals surface area contributed by atoms with Gasteiger partial charge in [0.15, 0.2) is 0 Å². The van der Waals surface area contributed by atoms with E-state index >= 15 is 0 Å². The van der Waals surface area contributed by atoms with Crippen LogP contribution in [0.4, 0.5) is 0 Å². The lowest BCUT2D eigenvalue weighted by molar-refractivity contribution is -0.125. The topological polar surface area (TPSA) is 88.1 Å². The second kappa shape index (κ2) is 8.15. The lowest BCUT2D eigenvalue weighted by Gasteiger charge is -2.34. The molecule has 162 valence electrons. The van der Waals surface area contributed by atoms with Crippen LogP contribution >= 0.6 is 0 Å². The number of sulfonamides is 1. The highest BCUT2D eigenvalue weighted by atomic mass is 32.2. The van der Waals surface area contributed by atoms with Gasteiger partial charge in [-0.15, -0.1) is 4.40 Å². The van der Waals surface area contributed by atoms with E-state index in [-0.39, 0.29) is 17.9 Å². The summed E-state index contributed by atoms with van der Waals surface area (Å²) in [4.78, 5) is 14.7. The van der Waals surface area contributed by atoms with Crippen LogP contribution in [0, 0.1) is 19.8 Å². The second-order valence-electron chi connectivity index (χ2n) is 8.47. The molecule has 0 aliphatic carbocycles. The zero-order chi connectivity index (χ0) is 21.5. The molecule has 0 aromatic heterocycles. The SMILES string of the molecule is CC1=C(c2ccc(C)c(C)c2)S(=O)(=O)N=C1N1CCC(NC(=O)[C@H]2CCOC2)CC1. The number of carbonyl (C=O) groups excluding carboxylic acids is 1. The zero-order valence-electron chi connectivity index (χ0n) is 17.8. The highest BCUT2D eigenvalue weighted by Crippen LogP contribution is 2.35. The van der Waals surface area contributed by atoms with Crippen molar-refractivity contribution in [3.05, 3.63) is 40.5 Å². The molecule has 3 aliphatic heterocycles. The molecule has 1 N–H and O–H groups in total. The van der Waals surface area contributed by atoms with Gasteiger partial charge in [0, 0.05) is 31.3 Å². The molecule has 1 aromatic carbocycles. The number of aryl methyl sites for hydroxylation is 2. The summed E-state index contributed by atoms with van der Waals surface area (Å²) in [5, 5.41) is 3.13. The lowest BCUT2D eigenvalue weighted by Crippen LogP contribution is -2.48. The lowest BCUT2D eigenvalue weighted by atomic mass is 10.0. The Hall–Kier alpha value is -2.19. The van der Waals surface area contributed by atoms with Crippen molar-refractivity contribution in [3.63, 3.8) is 0 Å². The van der Waals surface area contributed by atoms with E-state index in [1.807, 2.05) is 43.9 Å². The maximum absolute atomic E-state index is 12.8. The number of ether oxygens (including phenoxy) is 1. The van der Waals surface area contributed by atoms with Crippen molar-refractivity contribution in [2.75, 3.05) is 26.3 Å². The molecule has 7 nitrogen and oxygen atoms in total. The molecule has 2 saturated heterocycles. The number of carbonyl (C=O) groups is 1. The molecule has 0 bridgehead atoms. The van der Waals surface area contributed by atoms with Gasteiger partial charge in [0.05, 0.1) is 12.5 Å². The third-order valence-electron chi connectivity index (χ3n) is 6.35.